The lowest BCUT2D eigenvalue weighted by Crippen LogP contribution is -2.43. The lowest BCUT2D eigenvalue weighted by Gasteiger charge is -2.37. The van der Waals surface area contributed by atoms with E-state index < -0.39 is 0 Å². The molecule has 2 rings (SSSR count). The maximum Gasteiger partial charge on any atom is 0.144 e. The molecule has 0 aromatic carbocycles. The molecule has 0 spiro atoms. The van der Waals surface area contributed by atoms with Crippen molar-refractivity contribution in [3.8, 4) is 6.07 Å². The highest BCUT2D eigenvalue weighted by atomic mass is 15.4. The lowest BCUT2D eigenvalue weighted by molar-refractivity contribution is 0.305. The van der Waals surface area contributed by atoms with Gasteiger partial charge in [0.05, 0.1) is 5.69 Å². The molecule has 0 aliphatic carbocycles. The highest BCUT2D eigenvalue weighted by molar-refractivity contribution is 5.57. The zero-order valence-corrected chi connectivity index (χ0v) is 11.3. The second-order valence-electron chi connectivity index (χ2n) is 5.23. The number of hydrogen-bond donors (Lipinski definition) is 1. The van der Waals surface area contributed by atoms with E-state index in [1.807, 2.05) is 18.7 Å². The minimum absolute atomic E-state index is 0.500. The van der Waals surface area contributed by atoms with E-state index in [9.17, 15) is 5.26 Å². The summed E-state index contributed by atoms with van der Waals surface area (Å²) in [6.45, 7) is 6.75. The maximum absolute atomic E-state index is 9.26. The zero-order chi connectivity index (χ0) is 13.3. The molecular formula is C13H21N5. The Labute approximate surface area is 108 Å². The predicted molar refractivity (Wildman–Crippen MR) is 71.2 cm³/mol. The van der Waals surface area contributed by atoms with Crippen LogP contribution in [0.4, 0.5) is 5.82 Å². The van der Waals surface area contributed by atoms with Gasteiger partial charge >= 0.3 is 0 Å². The van der Waals surface area contributed by atoms with E-state index in [2.05, 4.69) is 23.0 Å². The van der Waals surface area contributed by atoms with Crippen molar-refractivity contribution in [1.82, 2.24) is 9.78 Å². The molecule has 0 radical (unpaired) electrons. The first-order valence-electron chi connectivity index (χ1n) is 6.47. The summed E-state index contributed by atoms with van der Waals surface area (Å²) in [5.74, 6) is 2.10. The minimum atomic E-state index is 0.500. The summed E-state index contributed by atoms with van der Waals surface area (Å²) in [4.78, 5) is 2.26. The Morgan fingerprint density at radius 1 is 1.56 bits per heavy atom. The number of aryl methyl sites for hydroxylation is 2. The molecule has 2 heterocycles. The van der Waals surface area contributed by atoms with E-state index in [0.29, 0.717) is 23.9 Å². The Hall–Kier alpha value is -1.54. The topological polar surface area (TPSA) is 70.9 Å². The molecule has 1 saturated heterocycles. The van der Waals surface area contributed by atoms with Crippen LogP contribution in [0, 0.1) is 30.1 Å². The summed E-state index contributed by atoms with van der Waals surface area (Å²) in [6.07, 6.45) is 1.12. The summed E-state index contributed by atoms with van der Waals surface area (Å²) >= 11 is 0. The highest BCUT2D eigenvalue weighted by Crippen LogP contribution is 2.29. The van der Waals surface area contributed by atoms with Crippen LogP contribution in [0.25, 0.3) is 0 Å². The molecule has 1 aliphatic heterocycles. The van der Waals surface area contributed by atoms with Gasteiger partial charge in [0.2, 0.25) is 0 Å². The zero-order valence-electron chi connectivity index (χ0n) is 11.3. The molecule has 1 fully saturated rings. The second kappa shape index (κ2) is 4.99. The van der Waals surface area contributed by atoms with Crippen LogP contribution in [0.5, 0.6) is 0 Å². The number of aromatic nitrogens is 2. The Morgan fingerprint density at radius 3 is 2.89 bits per heavy atom. The van der Waals surface area contributed by atoms with Crippen LogP contribution in [0.1, 0.15) is 24.6 Å². The van der Waals surface area contributed by atoms with Gasteiger partial charge in [-0.1, -0.05) is 6.92 Å². The van der Waals surface area contributed by atoms with Gasteiger partial charge in [-0.3, -0.25) is 4.68 Å². The molecule has 2 N–H and O–H groups in total. The second-order valence-corrected chi connectivity index (χ2v) is 5.23. The number of piperidine rings is 1. The normalized spacial score (nSPS) is 24.1. The van der Waals surface area contributed by atoms with Gasteiger partial charge in [-0.2, -0.15) is 10.4 Å². The Bertz CT molecular complexity index is 470. The third-order valence-corrected chi connectivity index (χ3v) is 4.02. The molecule has 5 heteroatoms. The number of rotatable bonds is 2. The van der Waals surface area contributed by atoms with E-state index in [-0.39, 0.29) is 0 Å². The summed E-state index contributed by atoms with van der Waals surface area (Å²) in [6, 6.07) is 2.27. The summed E-state index contributed by atoms with van der Waals surface area (Å²) in [7, 11) is 1.90. The monoisotopic (exact) mass is 247 g/mol. The SMILES string of the molecule is Cc1nn(C)c(N2CCC(C)C(CN)C2)c1C#N. The van der Waals surface area contributed by atoms with Crippen molar-refractivity contribution in [2.45, 2.75) is 20.3 Å². The molecule has 2 atom stereocenters. The number of nitrogens with two attached hydrogens (primary N) is 1. The van der Waals surface area contributed by atoms with Crippen LogP contribution in [-0.4, -0.2) is 29.4 Å². The number of nitrogens with zero attached hydrogens (tertiary/aromatic N) is 4. The van der Waals surface area contributed by atoms with Gasteiger partial charge in [0.1, 0.15) is 17.5 Å². The first kappa shape index (κ1) is 12.9. The van der Waals surface area contributed by atoms with Gasteiger partial charge < -0.3 is 10.6 Å². The summed E-state index contributed by atoms with van der Waals surface area (Å²) < 4.78 is 1.82. The van der Waals surface area contributed by atoms with Crippen LogP contribution in [-0.2, 0) is 7.05 Å². The van der Waals surface area contributed by atoms with Crippen LogP contribution in [0.15, 0.2) is 0 Å². The van der Waals surface area contributed by atoms with Crippen molar-refractivity contribution in [2.75, 3.05) is 24.5 Å². The van der Waals surface area contributed by atoms with Crippen molar-refractivity contribution in [2.24, 2.45) is 24.6 Å². The van der Waals surface area contributed by atoms with Crippen molar-refractivity contribution in [1.29, 1.82) is 5.26 Å². The van der Waals surface area contributed by atoms with Gasteiger partial charge in [-0.05, 0) is 31.7 Å². The van der Waals surface area contributed by atoms with E-state index in [1.54, 1.807) is 0 Å². The quantitative estimate of drug-likeness (QED) is 0.847. The highest BCUT2D eigenvalue weighted by Gasteiger charge is 2.28. The van der Waals surface area contributed by atoms with Gasteiger partial charge in [0.15, 0.2) is 0 Å². The van der Waals surface area contributed by atoms with E-state index in [4.69, 9.17) is 5.73 Å². The van der Waals surface area contributed by atoms with Crippen LogP contribution in [0.3, 0.4) is 0 Å². The fourth-order valence-corrected chi connectivity index (χ4v) is 2.79. The first-order chi connectivity index (χ1) is 8.58. The fraction of sp³-hybridized carbons (Fsp3) is 0.692. The molecule has 0 bridgehead atoms. The van der Waals surface area contributed by atoms with Crippen LogP contribution < -0.4 is 10.6 Å². The van der Waals surface area contributed by atoms with Crippen molar-refractivity contribution < 1.29 is 0 Å². The molecule has 1 aromatic heterocycles. The molecule has 5 nitrogen and oxygen atoms in total. The Morgan fingerprint density at radius 2 is 2.28 bits per heavy atom. The fourth-order valence-electron chi connectivity index (χ4n) is 2.79. The third-order valence-electron chi connectivity index (χ3n) is 4.02. The van der Waals surface area contributed by atoms with Crippen molar-refractivity contribution >= 4 is 5.82 Å². The summed E-state index contributed by atoms with van der Waals surface area (Å²) in [5.41, 5.74) is 7.33. The van der Waals surface area contributed by atoms with E-state index in [1.165, 1.54) is 0 Å². The third kappa shape index (κ3) is 2.08. The van der Waals surface area contributed by atoms with Gasteiger partial charge in [-0.25, -0.2) is 0 Å². The van der Waals surface area contributed by atoms with Gasteiger partial charge in [-0.15, -0.1) is 0 Å². The van der Waals surface area contributed by atoms with Crippen LogP contribution >= 0.6 is 0 Å². The first-order valence-corrected chi connectivity index (χ1v) is 6.47. The standard InChI is InChI=1S/C13H21N5/c1-9-4-5-18(8-11(9)6-14)13-12(7-15)10(2)16-17(13)3/h9,11H,4-6,8,14H2,1-3H3. The average molecular weight is 247 g/mol. The number of nitriles is 1. The Balaban J connectivity index is 2.30. The predicted octanol–water partition coefficient (Wildman–Crippen LogP) is 1.02. The van der Waals surface area contributed by atoms with Crippen molar-refractivity contribution in [3.63, 3.8) is 0 Å². The average Bonchev–Trinajstić information content (AvgIpc) is 2.64. The van der Waals surface area contributed by atoms with E-state index >= 15 is 0 Å². The molecule has 98 valence electrons. The molecule has 18 heavy (non-hydrogen) atoms. The largest absolute Gasteiger partial charge is 0.355 e. The molecule has 2 unspecified atom stereocenters. The van der Waals surface area contributed by atoms with Gasteiger partial charge in [0.25, 0.3) is 0 Å². The van der Waals surface area contributed by atoms with E-state index in [0.717, 1.165) is 31.0 Å². The smallest absolute Gasteiger partial charge is 0.144 e. The molecule has 0 saturated carbocycles. The summed E-state index contributed by atoms with van der Waals surface area (Å²) in [5, 5.41) is 13.6. The number of hydrogen-bond acceptors (Lipinski definition) is 4. The van der Waals surface area contributed by atoms with Gasteiger partial charge in [0, 0.05) is 20.1 Å². The Kier molecular flexibility index (Phi) is 3.58. The number of anilines is 1. The molecule has 0 amide bonds. The molecular weight excluding hydrogens is 226 g/mol. The molecule has 1 aromatic rings. The minimum Gasteiger partial charge on any atom is -0.355 e. The van der Waals surface area contributed by atoms with Crippen LogP contribution in [0.2, 0.25) is 0 Å². The maximum atomic E-state index is 9.26. The lowest BCUT2D eigenvalue weighted by atomic mass is 9.87. The molecule has 1 aliphatic rings. The van der Waals surface area contributed by atoms with Crippen molar-refractivity contribution in [3.05, 3.63) is 11.3 Å².